The van der Waals surface area contributed by atoms with Crippen LogP contribution in [0.2, 0.25) is 0 Å². The summed E-state index contributed by atoms with van der Waals surface area (Å²) in [5.41, 5.74) is 1.45. The topological polar surface area (TPSA) is 102 Å². The van der Waals surface area contributed by atoms with Crippen molar-refractivity contribution in [2.75, 3.05) is 18.1 Å². The van der Waals surface area contributed by atoms with Gasteiger partial charge in [-0.15, -0.1) is 0 Å². The molecule has 2 aliphatic rings. The van der Waals surface area contributed by atoms with E-state index in [4.69, 9.17) is 14.2 Å². The van der Waals surface area contributed by atoms with Crippen molar-refractivity contribution in [2.24, 2.45) is 0 Å². The first-order valence-electron chi connectivity index (χ1n) is 12.9. The molecular weight excluding hydrogens is 488 g/mol. The van der Waals surface area contributed by atoms with Crippen LogP contribution in [0.3, 0.4) is 0 Å². The Labute approximate surface area is 222 Å². The fourth-order valence-corrected chi connectivity index (χ4v) is 4.96. The molecule has 0 radical (unpaired) electrons. The normalized spacial score (nSPS) is 21.7. The quantitative estimate of drug-likeness (QED) is 0.414. The van der Waals surface area contributed by atoms with Gasteiger partial charge >= 0.3 is 18.0 Å². The highest BCUT2D eigenvalue weighted by Crippen LogP contribution is 2.36. The molecule has 3 atom stereocenters. The first-order chi connectivity index (χ1) is 18.1. The van der Waals surface area contributed by atoms with Gasteiger partial charge in [-0.05, 0) is 57.7 Å². The molecule has 202 valence electrons. The summed E-state index contributed by atoms with van der Waals surface area (Å²) in [4.78, 5) is 56.0. The molecule has 2 aromatic rings. The number of para-hydroxylation sites is 1. The second-order valence-electron chi connectivity index (χ2n) is 10.4. The molecule has 9 heteroatoms. The Morgan fingerprint density at radius 1 is 1.03 bits per heavy atom. The molecule has 0 aliphatic carbocycles. The Morgan fingerprint density at radius 3 is 2.39 bits per heavy atom. The summed E-state index contributed by atoms with van der Waals surface area (Å²) in [6.45, 7) is 6.74. The van der Waals surface area contributed by atoms with Crippen LogP contribution >= 0.6 is 0 Å². The number of carbonyl (C=O) groups is 4. The minimum atomic E-state index is -1.04. The molecule has 1 fully saturated rings. The van der Waals surface area contributed by atoms with Gasteiger partial charge in [-0.3, -0.25) is 19.4 Å². The number of anilines is 1. The van der Waals surface area contributed by atoms with Crippen LogP contribution in [0.25, 0.3) is 0 Å². The third-order valence-electron chi connectivity index (χ3n) is 6.52. The smallest absolute Gasteiger partial charge is 0.411 e. The predicted molar refractivity (Wildman–Crippen MR) is 139 cm³/mol. The Bertz CT molecular complexity index is 1190. The second kappa shape index (κ2) is 11.2. The summed E-state index contributed by atoms with van der Waals surface area (Å²) >= 11 is 0. The lowest BCUT2D eigenvalue weighted by atomic mass is 9.96. The van der Waals surface area contributed by atoms with Gasteiger partial charge in [0.25, 0.3) is 5.91 Å². The Hall–Kier alpha value is -3.88. The summed E-state index contributed by atoms with van der Waals surface area (Å²) in [5, 5.41) is 0. The monoisotopic (exact) mass is 522 g/mol. The Kier molecular flexibility index (Phi) is 8.04. The van der Waals surface area contributed by atoms with Gasteiger partial charge in [0.05, 0.1) is 6.61 Å². The number of esters is 2. The number of carbonyl (C=O) groups excluding carboxylic acids is 4. The molecule has 2 heterocycles. The molecular formula is C29H34N2O7. The van der Waals surface area contributed by atoms with Crippen LogP contribution in [0.5, 0.6) is 0 Å². The molecule has 2 amide bonds. The van der Waals surface area contributed by atoms with Gasteiger partial charge in [0, 0.05) is 12.1 Å². The lowest BCUT2D eigenvalue weighted by molar-refractivity contribution is -0.157. The van der Waals surface area contributed by atoms with Gasteiger partial charge in [0.15, 0.2) is 0 Å². The molecule has 38 heavy (non-hydrogen) atoms. The van der Waals surface area contributed by atoms with E-state index in [9.17, 15) is 19.2 Å². The van der Waals surface area contributed by atoms with Crippen LogP contribution in [0.15, 0.2) is 54.6 Å². The van der Waals surface area contributed by atoms with E-state index in [2.05, 4.69) is 0 Å². The highest BCUT2D eigenvalue weighted by Gasteiger charge is 2.48. The molecule has 3 unspecified atom stereocenters. The highest BCUT2D eigenvalue weighted by atomic mass is 16.6. The number of amides is 2. The number of aryl methyl sites for hydroxylation is 1. The number of nitrogens with zero attached hydrogens (tertiary/aromatic N) is 2. The summed E-state index contributed by atoms with van der Waals surface area (Å²) in [7, 11) is 0. The predicted octanol–water partition coefficient (Wildman–Crippen LogP) is 4.19. The second-order valence-corrected chi connectivity index (χ2v) is 10.4. The highest BCUT2D eigenvalue weighted by molar-refractivity contribution is 6.03. The van der Waals surface area contributed by atoms with Gasteiger partial charge in [-0.25, -0.2) is 9.59 Å². The van der Waals surface area contributed by atoms with Crippen LogP contribution < -0.4 is 4.90 Å². The van der Waals surface area contributed by atoms with Gasteiger partial charge in [0.2, 0.25) is 0 Å². The molecule has 4 rings (SSSR count). The fraction of sp³-hybridized carbons (Fsp3) is 0.448. The summed E-state index contributed by atoms with van der Waals surface area (Å²) < 4.78 is 16.6. The minimum absolute atomic E-state index is 0.128. The van der Waals surface area contributed by atoms with Gasteiger partial charge in [-0.1, -0.05) is 48.5 Å². The molecule has 0 N–H and O–H groups in total. The standard InChI is InChI=1S/C29H34N2O7/c1-5-36-27(34)23-17-24(20-12-7-6-8-13-20)37-28(35)31(23)22-16-15-19-11-9-10-14-21(19)30(26(22)33)18-25(32)38-29(2,3)4/h6-14,22-24H,5,15-18H2,1-4H3. The fourth-order valence-electron chi connectivity index (χ4n) is 4.96. The van der Waals surface area contributed by atoms with Crippen molar-refractivity contribution in [3.8, 4) is 0 Å². The minimum Gasteiger partial charge on any atom is -0.464 e. The van der Waals surface area contributed by atoms with Crippen LogP contribution in [-0.2, 0) is 35.0 Å². The van der Waals surface area contributed by atoms with E-state index in [1.807, 2.05) is 42.5 Å². The van der Waals surface area contributed by atoms with Crippen LogP contribution in [0.1, 0.15) is 57.8 Å². The number of benzene rings is 2. The maximum atomic E-state index is 14.0. The first kappa shape index (κ1) is 27.2. The van der Waals surface area contributed by atoms with Crippen molar-refractivity contribution in [1.82, 2.24) is 4.90 Å². The molecule has 1 saturated heterocycles. The van der Waals surface area contributed by atoms with E-state index in [-0.39, 0.29) is 26.0 Å². The van der Waals surface area contributed by atoms with Crippen LogP contribution in [0, 0.1) is 0 Å². The molecule has 0 saturated carbocycles. The zero-order chi connectivity index (χ0) is 27.4. The molecule has 9 nitrogen and oxygen atoms in total. The zero-order valence-corrected chi connectivity index (χ0v) is 22.2. The largest absolute Gasteiger partial charge is 0.464 e. The van der Waals surface area contributed by atoms with Crippen molar-refractivity contribution < 1.29 is 33.4 Å². The Balaban J connectivity index is 1.68. The molecule has 2 aliphatic heterocycles. The van der Waals surface area contributed by atoms with Crippen LogP contribution in [-0.4, -0.2) is 59.7 Å². The van der Waals surface area contributed by atoms with Gasteiger partial charge in [-0.2, -0.15) is 0 Å². The third-order valence-corrected chi connectivity index (χ3v) is 6.52. The molecule has 0 spiro atoms. The number of hydrogen-bond donors (Lipinski definition) is 0. The summed E-state index contributed by atoms with van der Waals surface area (Å²) in [6, 6.07) is 14.4. The SMILES string of the molecule is CCOC(=O)C1CC(c2ccccc2)OC(=O)N1C1CCc2ccccc2N(CC(=O)OC(C)(C)C)C1=O. The lowest BCUT2D eigenvalue weighted by Gasteiger charge is -2.41. The van der Waals surface area contributed by atoms with Crippen molar-refractivity contribution in [3.05, 3.63) is 65.7 Å². The van der Waals surface area contributed by atoms with E-state index in [0.717, 1.165) is 11.1 Å². The lowest BCUT2D eigenvalue weighted by Crippen LogP contribution is -2.60. The summed E-state index contributed by atoms with van der Waals surface area (Å²) in [6.07, 6.45) is -0.590. The van der Waals surface area contributed by atoms with E-state index < -0.39 is 47.7 Å². The zero-order valence-electron chi connectivity index (χ0n) is 22.2. The average Bonchev–Trinajstić information content (AvgIpc) is 3.00. The summed E-state index contributed by atoms with van der Waals surface area (Å²) in [5.74, 6) is -1.66. The number of rotatable bonds is 6. The first-order valence-corrected chi connectivity index (χ1v) is 12.9. The number of cyclic esters (lactones) is 1. The number of fused-ring (bicyclic) bond motifs is 1. The molecule has 0 aromatic heterocycles. The van der Waals surface area contributed by atoms with E-state index >= 15 is 0 Å². The third kappa shape index (κ3) is 5.98. The van der Waals surface area contributed by atoms with Gasteiger partial charge in [0.1, 0.15) is 30.3 Å². The van der Waals surface area contributed by atoms with Crippen molar-refractivity contribution in [3.63, 3.8) is 0 Å². The van der Waals surface area contributed by atoms with Crippen molar-refractivity contribution >= 4 is 29.6 Å². The maximum Gasteiger partial charge on any atom is 0.411 e. The van der Waals surface area contributed by atoms with E-state index in [0.29, 0.717) is 12.1 Å². The number of ether oxygens (including phenoxy) is 3. The molecule has 2 aromatic carbocycles. The van der Waals surface area contributed by atoms with Crippen molar-refractivity contribution in [2.45, 2.75) is 70.7 Å². The number of hydrogen-bond acceptors (Lipinski definition) is 7. The maximum absolute atomic E-state index is 14.0. The average molecular weight is 523 g/mol. The van der Waals surface area contributed by atoms with Gasteiger partial charge < -0.3 is 14.2 Å². The Morgan fingerprint density at radius 2 is 1.71 bits per heavy atom. The van der Waals surface area contributed by atoms with Crippen LogP contribution in [0.4, 0.5) is 10.5 Å². The van der Waals surface area contributed by atoms with E-state index in [1.54, 1.807) is 39.8 Å². The molecule has 0 bridgehead atoms. The van der Waals surface area contributed by atoms with E-state index in [1.165, 1.54) is 9.80 Å². The van der Waals surface area contributed by atoms with Crippen molar-refractivity contribution in [1.29, 1.82) is 0 Å².